The normalized spacial score (nSPS) is 11.4. The molecule has 0 aliphatic heterocycles. The van der Waals surface area contributed by atoms with Crippen LogP contribution in [-0.2, 0) is 0 Å². The van der Waals surface area contributed by atoms with Crippen LogP contribution < -0.4 is 11.1 Å². The molecule has 3 N–H and O–H groups in total. The molecule has 0 unspecified atom stereocenters. The van der Waals surface area contributed by atoms with Gasteiger partial charge in [0.15, 0.2) is 0 Å². The molecular formula is C10H16BrN3. The first-order chi connectivity index (χ1) is 6.47. The van der Waals surface area contributed by atoms with Gasteiger partial charge in [-0.25, -0.2) is 0 Å². The van der Waals surface area contributed by atoms with Gasteiger partial charge in [-0.1, -0.05) is 0 Å². The number of halogens is 1. The molecule has 0 amide bonds. The quantitative estimate of drug-likeness (QED) is 0.871. The van der Waals surface area contributed by atoms with Crippen LogP contribution in [0.5, 0.6) is 0 Å². The third-order valence-electron chi connectivity index (χ3n) is 1.80. The third kappa shape index (κ3) is 4.58. The average Bonchev–Trinajstić information content (AvgIpc) is 2.01. The minimum absolute atomic E-state index is 0.119. The lowest BCUT2D eigenvalue weighted by Crippen LogP contribution is -2.34. The maximum atomic E-state index is 5.86. The number of hydrogen-bond acceptors (Lipinski definition) is 3. The second-order valence-corrected chi connectivity index (χ2v) is 4.97. The summed E-state index contributed by atoms with van der Waals surface area (Å²) in [7, 11) is 0. The Bertz CT molecular complexity index is 294. The van der Waals surface area contributed by atoms with Crippen LogP contribution in [0.15, 0.2) is 22.9 Å². The van der Waals surface area contributed by atoms with Crippen molar-refractivity contribution in [2.24, 2.45) is 5.73 Å². The first-order valence-corrected chi connectivity index (χ1v) is 5.40. The fraction of sp³-hybridized carbons (Fsp3) is 0.500. The summed E-state index contributed by atoms with van der Waals surface area (Å²) in [4.78, 5) is 4.06. The zero-order valence-electron chi connectivity index (χ0n) is 8.55. The standard InChI is InChI=1S/C10H16BrN3/c1-10(2,12)3-4-14-9-5-8(11)6-13-7-9/h5-7,14H,3-4,12H2,1-2H3. The molecule has 0 fully saturated rings. The van der Waals surface area contributed by atoms with Gasteiger partial charge in [0.1, 0.15) is 0 Å². The van der Waals surface area contributed by atoms with E-state index in [0.717, 1.165) is 23.1 Å². The number of hydrogen-bond donors (Lipinski definition) is 2. The predicted molar refractivity (Wildman–Crippen MR) is 63.3 cm³/mol. The molecule has 0 radical (unpaired) electrons. The molecule has 0 bridgehead atoms. The Morgan fingerprint density at radius 1 is 1.50 bits per heavy atom. The number of pyridine rings is 1. The number of nitrogens with two attached hydrogens (primary N) is 1. The van der Waals surface area contributed by atoms with Gasteiger partial charge in [0, 0.05) is 22.8 Å². The SMILES string of the molecule is CC(C)(N)CCNc1cncc(Br)c1. The number of nitrogens with one attached hydrogen (secondary N) is 1. The molecule has 1 aromatic heterocycles. The lowest BCUT2D eigenvalue weighted by molar-refractivity contribution is 0.491. The van der Waals surface area contributed by atoms with Crippen molar-refractivity contribution in [3.63, 3.8) is 0 Å². The molecule has 4 heteroatoms. The monoisotopic (exact) mass is 257 g/mol. The summed E-state index contributed by atoms with van der Waals surface area (Å²) in [6, 6.07) is 2.00. The zero-order chi connectivity index (χ0) is 10.6. The fourth-order valence-electron chi connectivity index (χ4n) is 1.04. The predicted octanol–water partition coefficient (Wildman–Crippen LogP) is 2.38. The molecule has 0 aliphatic carbocycles. The van der Waals surface area contributed by atoms with E-state index < -0.39 is 0 Å². The highest BCUT2D eigenvalue weighted by Crippen LogP contribution is 2.14. The summed E-state index contributed by atoms with van der Waals surface area (Å²) < 4.78 is 0.981. The van der Waals surface area contributed by atoms with Gasteiger partial charge in [0.25, 0.3) is 0 Å². The summed E-state index contributed by atoms with van der Waals surface area (Å²) in [5.74, 6) is 0. The first-order valence-electron chi connectivity index (χ1n) is 4.61. The van der Waals surface area contributed by atoms with Crippen molar-refractivity contribution in [1.82, 2.24) is 4.98 Å². The Kier molecular flexibility index (Phi) is 3.89. The van der Waals surface area contributed by atoms with E-state index in [4.69, 9.17) is 5.73 Å². The van der Waals surface area contributed by atoms with E-state index in [0.29, 0.717) is 0 Å². The lowest BCUT2D eigenvalue weighted by Gasteiger charge is -2.18. The van der Waals surface area contributed by atoms with Gasteiger partial charge in [-0.3, -0.25) is 4.98 Å². The van der Waals surface area contributed by atoms with Crippen LogP contribution in [0.3, 0.4) is 0 Å². The van der Waals surface area contributed by atoms with Crippen molar-refractivity contribution in [3.8, 4) is 0 Å². The largest absolute Gasteiger partial charge is 0.384 e. The Labute approximate surface area is 93.2 Å². The van der Waals surface area contributed by atoms with Gasteiger partial charge < -0.3 is 11.1 Å². The van der Waals surface area contributed by atoms with Crippen LogP contribution in [0.4, 0.5) is 5.69 Å². The highest BCUT2D eigenvalue weighted by atomic mass is 79.9. The van der Waals surface area contributed by atoms with Crippen LogP contribution in [0, 0.1) is 0 Å². The van der Waals surface area contributed by atoms with E-state index in [9.17, 15) is 0 Å². The molecule has 14 heavy (non-hydrogen) atoms. The zero-order valence-corrected chi connectivity index (χ0v) is 10.1. The van der Waals surface area contributed by atoms with E-state index in [2.05, 4.69) is 26.2 Å². The molecule has 0 saturated carbocycles. The molecule has 0 aliphatic rings. The number of rotatable bonds is 4. The summed E-state index contributed by atoms with van der Waals surface area (Å²) in [6.45, 7) is 4.91. The average molecular weight is 258 g/mol. The van der Waals surface area contributed by atoms with Gasteiger partial charge in [0.2, 0.25) is 0 Å². The van der Waals surface area contributed by atoms with E-state index in [1.54, 1.807) is 12.4 Å². The molecule has 0 saturated heterocycles. The van der Waals surface area contributed by atoms with E-state index >= 15 is 0 Å². The Morgan fingerprint density at radius 3 is 2.79 bits per heavy atom. The Hall–Kier alpha value is -0.610. The first kappa shape index (κ1) is 11.5. The van der Waals surface area contributed by atoms with Crippen LogP contribution in [-0.4, -0.2) is 17.1 Å². The maximum absolute atomic E-state index is 5.86. The number of anilines is 1. The van der Waals surface area contributed by atoms with Crippen molar-refractivity contribution in [3.05, 3.63) is 22.9 Å². The minimum Gasteiger partial charge on any atom is -0.384 e. The third-order valence-corrected chi connectivity index (χ3v) is 2.24. The van der Waals surface area contributed by atoms with Gasteiger partial charge in [-0.05, 0) is 42.3 Å². The van der Waals surface area contributed by atoms with Gasteiger partial charge in [0.05, 0.1) is 11.9 Å². The molecular weight excluding hydrogens is 242 g/mol. The molecule has 0 atom stereocenters. The van der Waals surface area contributed by atoms with Crippen molar-refractivity contribution in [1.29, 1.82) is 0 Å². The molecule has 3 nitrogen and oxygen atoms in total. The summed E-state index contributed by atoms with van der Waals surface area (Å²) >= 11 is 3.37. The highest BCUT2D eigenvalue weighted by Gasteiger charge is 2.09. The maximum Gasteiger partial charge on any atom is 0.0538 e. The van der Waals surface area contributed by atoms with Crippen molar-refractivity contribution in [2.75, 3.05) is 11.9 Å². The number of nitrogens with zero attached hydrogens (tertiary/aromatic N) is 1. The van der Waals surface area contributed by atoms with Crippen LogP contribution in [0.1, 0.15) is 20.3 Å². The molecule has 1 aromatic rings. The number of aromatic nitrogens is 1. The smallest absolute Gasteiger partial charge is 0.0538 e. The molecule has 1 heterocycles. The van der Waals surface area contributed by atoms with E-state index in [1.165, 1.54) is 0 Å². The van der Waals surface area contributed by atoms with E-state index in [-0.39, 0.29) is 5.54 Å². The molecule has 0 aromatic carbocycles. The fourth-order valence-corrected chi connectivity index (χ4v) is 1.40. The lowest BCUT2D eigenvalue weighted by atomic mass is 10.0. The second kappa shape index (κ2) is 4.75. The summed E-state index contributed by atoms with van der Waals surface area (Å²) in [6.07, 6.45) is 4.49. The van der Waals surface area contributed by atoms with E-state index in [1.807, 2.05) is 19.9 Å². The Morgan fingerprint density at radius 2 is 2.21 bits per heavy atom. The van der Waals surface area contributed by atoms with Crippen molar-refractivity contribution in [2.45, 2.75) is 25.8 Å². The van der Waals surface area contributed by atoms with Gasteiger partial charge >= 0.3 is 0 Å². The van der Waals surface area contributed by atoms with Crippen LogP contribution in [0.25, 0.3) is 0 Å². The second-order valence-electron chi connectivity index (χ2n) is 4.06. The molecule has 0 spiro atoms. The summed E-state index contributed by atoms with van der Waals surface area (Å²) in [5, 5.41) is 3.27. The van der Waals surface area contributed by atoms with Crippen LogP contribution >= 0.6 is 15.9 Å². The molecule has 1 rings (SSSR count). The van der Waals surface area contributed by atoms with Gasteiger partial charge in [-0.15, -0.1) is 0 Å². The van der Waals surface area contributed by atoms with Gasteiger partial charge in [-0.2, -0.15) is 0 Å². The van der Waals surface area contributed by atoms with Crippen molar-refractivity contribution < 1.29 is 0 Å². The Balaban J connectivity index is 2.39. The van der Waals surface area contributed by atoms with Crippen LogP contribution in [0.2, 0.25) is 0 Å². The van der Waals surface area contributed by atoms with Crippen molar-refractivity contribution >= 4 is 21.6 Å². The highest BCUT2D eigenvalue weighted by molar-refractivity contribution is 9.10. The topological polar surface area (TPSA) is 50.9 Å². The molecule has 78 valence electrons. The minimum atomic E-state index is -0.119. The summed E-state index contributed by atoms with van der Waals surface area (Å²) in [5.41, 5.74) is 6.76.